The lowest BCUT2D eigenvalue weighted by atomic mass is 9.71. The molecule has 15 unspecified atom stereocenters. The molecule has 4 saturated heterocycles. The average molecular weight is 1890 g/mol. The first-order valence-electron chi connectivity index (χ1n) is 47.5. The third-order valence-corrected chi connectivity index (χ3v) is 26.6. The van der Waals surface area contributed by atoms with Crippen molar-refractivity contribution >= 4 is 74.7 Å². The van der Waals surface area contributed by atoms with Crippen molar-refractivity contribution in [3.05, 3.63) is 0 Å². The fourth-order valence-corrected chi connectivity index (χ4v) is 18.1. The lowest BCUT2D eigenvalue weighted by Crippen LogP contribution is -2.55. The molecule has 4 fully saturated rings. The molecule has 0 aliphatic carbocycles. The number of unbranched alkanes of at least 4 members (excludes halogenated alkanes) is 13. The summed E-state index contributed by atoms with van der Waals surface area (Å²) in [6.07, 6.45) is 8.74. The number of esters is 2. The van der Waals surface area contributed by atoms with E-state index in [9.17, 15) is 89.1 Å². The zero-order chi connectivity index (χ0) is 93.5. The monoisotopic (exact) mass is 1890 g/mol. The number of rotatable bonds is 78. The second-order valence-electron chi connectivity index (χ2n) is 34.7. The molecule has 0 aromatic heterocycles. The number of Topliss-reactive ketones (excluding diaryl/α,β-unsaturated/α-hetero) is 3. The molecule has 35 nitrogen and oxygen atoms in total. The van der Waals surface area contributed by atoms with Crippen molar-refractivity contribution in [3.8, 4) is 0 Å². The van der Waals surface area contributed by atoms with E-state index in [0.717, 1.165) is 101 Å². The molecule has 752 valence electrons. The zero-order valence-electron chi connectivity index (χ0n) is 77.3. The Kier molecular flexibility index (Phi) is 67.1. The van der Waals surface area contributed by atoms with Crippen molar-refractivity contribution in [2.75, 3.05) is 144 Å². The Morgan fingerprint density at radius 3 is 1.24 bits per heavy atom. The highest BCUT2D eigenvalue weighted by atomic mass is 33.1. The predicted molar refractivity (Wildman–Crippen MR) is 485 cm³/mol. The molecule has 37 heteroatoms. The van der Waals surface area contributed by atoms with E-state index in [2.05, 4.69) is 16.0 Å². The van der Waals surface area contributed by atoms with E-state index in [1.165, 1.54) is 0 Å². The zero-order valence-corrected chi connectivity index (χ0v) is 78.9. The van der Waals surface area contributed by atoms with Crippen LogP contribution < -0.4 is 16.0 Å². The third kappa shape index (κ3) is 51.4. The molecule has 4 amide bonds. The Morgan fingerprint density at radius 1 is 0.395 bits per heavy atom. The summed E-state index contributed by atoms with van der Waals surface area (Å²) in [5, 5.41) is 98.4. The van der Waals surface area contributed by atoms with Gasteiger partial charge in [0.05, 0.1) is 123 Å². The molecule has 17 atom stereocenters. The van der Waals surface area contributed by atoms with Crippen LogP contribution in [0.2, 0.25) is 0 Å². The molecular weight excluding hydrogens is 1720 g/mol. The second-order valence-corrected chi connectivity index (χ2v) is 37.4. The van der Waals surface area contributed by atoms with Crippen molar-refractivity contribution in [2.45, 2.75) is 365 Å². The topological polar surface area (TPSA) is 495 Å². The minimum absolute atomic E-state index is 0. The molecule has 4 aliphatic heterocycles. The van der Waals surface area contributed by atoms with Crippen LogP contribution >= 0.6 is 21.6 Å². The Morgan fingerprint density at radius 2 is 0.783 bits per heavy atom. The van der Waals surface area contributed by atoms with Crippen LogP contribution in [0.25, 0.3) is 0 Å². The first kappa shape index (κ1) is 119. The Bertz CT molecular complexity index is 2770. The minimum Gasteiger partial charge on any atom is -0.466 e. The normalized spacial score (nSPS) is 24.4. The number of ketones is 3. The number of methoxy groups -OCH3 is 2. The van der Waals surface area contributed by atoms with Gasteiger partial charge in [0.1, 0.15) is 54.0 Å². The highest BCUT2D eigenvalue weighted by Gasteiger charge is 2.45. The fraction of sp³-hybridized carbons (Fsp3) is 0.902. The van der Waals surface area contributed by atoms with E-state index in [4.69, 9.17) is 61.6 Å². The number of nitrogens with zero attached hydrogens (tertiary/aromatic N) is 1. The van der Waals surface area contributed by atoms with Gasteiger partial charge >= 0.3 is 18.0 Å². The van der Waals surface area contributed by atoms with Crippen molar-refractivity contribution in [1.82, 2.24) is 20.9 Å². The number of likely N-dealkylation sites (tertiary alicyclic amines) is 1. The van der Waals surface area contributed by atoms with E-state index >= 15 is 0 Å². The molecule has 4 aliphatic rings. The summed E-state index contributed by atoms with van der Waals surface area (Å²) in [5.74, 6) is -0.612. The SMILES string of the molecule is C.COC[C@H]1C[C@H](OC)CN1C(=O)CCCCC(=O)CCCSSCCOCCOCCC(=O)CC(CCCOC(=O)CCCCCCCNC(=O)CCCOC1OC(CO)C(O)C(O)C1C)(CCCOC(=O)CCCCCCCNC(=O)CCCOC1OC(CO)C(O)C(O)C1C)CCCOC(=O)NCCCCCCCC(=O)CCCOC1OC(CO)C(O)C(O)C1C. The number of ether oxygens (including phenoxy) is 13. The Balaban J connectivity index is 0.0000429. The van der Waals surface area contributed by atoms with Gasteiger partial charge in [0.25, 0.3) is 0 Å². The summed E-state index contributed by atoms with van der Waals surface area (Å²) in [6.45, 7) is 8.18. The van der Waals surface area contributed by atoms with Crippen LogP contribution in [0.5, 0.6) is 0 Å². The summed E-state index contributed by atoms with van der Waals surface area (Å²) >= 11 is 0. The molecule has 12 N–H and O–H groups in total. The number of hydrogen-bond donors (Lipinski definition) is 12. The second kappa shape index (κ2) is 72.9. The standard InChI is InChI=1S/C91H162N4O31S2.CH4/c1-65-81(107)84(110)73(61-96)124-87(65)120-46-23-32-69(99)30-15-9-6-14-22-45-94-90(113)123-51-29-42-91(40-27-49-118-79(105)37-16-10-7-12-20-43-92-76(102)34-24-47-121-88-66(2)82(108)85(111)74(62-97)125-88,41-28-50-119-80(106)38-17-11-8-13-21-44-93-77(103)35-25-48-122-89-67(3)83(109)86(112)75(63-98)126-89)59-71(101)39-52-116-53-54-117-55-57-128-127-56-26-33-70(100)31-18-19-36-78(104)95-60-72(115-5)58-68(95)64-114-4;/h65-68,72-75,81-89,96-98,107-112H,6-64H2,1-5H3,(H,92,102)(H,93,103)(H,94,113);1H4/t65?,66?,67?,68-,72+,73?,74?,75?,81?,82?,83?,84?,85?,86?,87?,88?,89?,91?;/m1./s1. The molecule has 129 heavy (non-hydrogen) atoms. The number of carbonyl (C=O) groups is 9. The number of hydrogen-bond acceptors (Lipinski definition) is 33. The number of alkyl carbamates (subject to hydrolysis) is 1. The molecule has 0 spiro atoms. The fourth-order valence-electron chi connectivity index (χ4n) is 16.2. The van der Waals surface area contributed by atoms with Gasteiger partial charge < -0.3 is 128 Å². The number of aliphatic hydroxyl groups is 9. The van der Waals surface area contributed by atoms with Gasteiger partial charge in [-0.3, -0.25) is 38.4 Å². The van der Waals surface area contributed by atoms with E-state index < -0.39 is 123 Å². The van der Waals surface area contributed by atoms with Crippen LogP contribution in [0.4, 0.5) is 4.79 Å². The van der Waals surface area contributed by atoms with Crippen LogP contribution in [0.1, 0.15) is 279 Å². The van der Waals surface area contributed by atoms with Gasteiger partial charge in [-0.05, 0) is 127 Å². The third-order valence-electron chi connectivity index (χ3n) is 24.1. The molecule has 0 saturated carbocycles. The summed E-state index contributed by atoms with van der Waals surface area (Å²) < 4.78 is 73.8. The van der Waals surface area contributed by atoms with Gasteiger partial charge in [-0.2, -0.15) is 0 Å². The molecular formula is C92H166N4O31S2. The van der Waals surface area contributed by atoms with Crippen LogP contribution in [-0.4, -0.2) is 334 Å². The largest absolute Gasteiger partial charge is 0.466 e. The van der Waals surface area contributed by atoms with Gasteiger partial charge in [0.15, 0.2) is 18.9 Å². The van der Waals surface area contributed by atoms with E-state index in [1.807, 2.05) is 4.90 Å². The molecule has 0 bridgehead atoms. The van der Waals surface area contributed by atoms with Crippen LogP contribution in [0.3, 0.4) is 0 Å². The molecule has 4 rings (SSSR count). The van der Waals surface area contributed by atoms with Gasteiger partial charge in [0, 0.05) is 140 Å². The maximum Gasteiger partial charge on any atom is 0.407 e. The van der Waals surface area contributed by atoms with Gasteiger partial charge in [-0.25, -0.2) is 4.79 Å². The summed E-state index contributed by atoms with van der Waals surface area (Å²) in [6, 6.07) is 0.0106. The maximum absolute atomic E-state index is 14.2. The highest BCUT2D eigenvalue weighted by Crippen LogP contribution is 2.40. The van der Waals surface area contributed by atoms with Crippen molar-refractivity contribution in [1.29, 1.82) is 0 Å². The molecule has 0 radical (unpaired) electrons. The number of aliphatic hydroxyl groups excluding tert-OH is 9. The highest BCUT2D eigenvalue weighted by molar-refractivity contribution is 8.76. The average Bonchev–Trinajstić information content (AvgIpc) is 1.80. The summed E-state index contributed by atoms with van der Waals surface area (Å²) in [5.41, 5.74) is -0.672. The van der Waals surface area contributed by atoms with Crippen molar-refractivity contribution in [2.24, 2.45) is 23.2 Å². The van der Waals surface area contributed by atoms with E-state index in [1.54, 1.807) is 56.6 Å². The quantitative estimate of drug-likeness (QED) is 0.0118. The lowest BCUT2D eigenvalue weighted by molar-refractivity contribution is -0.282. The van der Waals surface area contributed by atoms with Crippen molar-refractivity contribution in [3.63, 3.8) is 0 Å². The lowest BCUT2D eigenvalue weighted by Gasteiger charge is -2.40. The van der Waals surface area contributed by atoms with Crippen LogP contribution in [0, 0.1) is 23.2 Å². The smallest absolute Gasteiger partial charge is 0.407 e. The van der Waals surface area contributed by atoms with Crippen LogP contribution in [-0.2, 0) is 99.9 Å². The Labute approximate surface area is 774 Å². The van der Waals surface area contributed by atoms with Crippen molar-refractivity contribution < 1.29 is 151 Å². The maximum atomic E-state index is 14.2. The number of carbonyl (C=O) groups excluding carboxylic acids is 9. The number of nitrogens with one attached hydrogen (secondary N) is 3. The minimum atomic E-state index is -1.23. The molecule has 4 heterocycles. The molecule has 0 aromatic carbocycles. The van der Waals surface area contributed by atoms with Gasteiger partial charge in [-0.1, -0.05) is 108 Å². The molecule has 0 aromatic rings. The Hall–Kier alpha value is -4.43. The predicted octanol–water partition coefficient (Wildman–Crippen LogP) is 8.14. The first-order chi connectivity index (χ1) is 61.8. The number of amides is 4. The summed E-state index contributed by atoms with van der Waals surface area (Å²) in [7, 11) is 6.65. The van der Waals surface area contributed by atoms with E-state index in [-0.39, 0.29) is 158 Å². The summed E-state index contributed by atoms with van der Waals surface area (Å²) in [4.78, 5) is 119. The van der Waals surface area contributed by atoms with Gasteiger partial charge in [0.2, 0.25) is 17.7 Å². The van der Waals surface area contributed by atoms with E-state index in [0.29, 0.717) is 168 Å². The van der Waals surface area contributed by atoms with Gasteiger partial charge in [-0.15, -0.1) is 0 Å². The first-order valence-corrected chi connectivity index (χ1v) is 50.0. The van der Waals surface area contributed by atoms with Crippen LogP contribution in [0.15, 0.2) is 0 Å².